The molecule has 7 heteroatoms. The largest absolute Gasteiger partial charge is 0.327 e. The van der Waals surface area contributed by atoms with E-state index in [1.807, 2.05) is 35.8 Å². The third-order valence-corrected chi connectivity index (χ3v) is 4.96. The van der Waals surface area contributed by atoms with E-state index in [4.69, 9.17) is 0 Å². The number of benzene rings is 2. The number of hydrogen-bond acceptors (Lipinski definition) is 4. The SMILES string of the molecule is Cc1ccc(NC(=O)c2nc(-c3cccc([N+](=O)[O-])c3)n3c2CCCC3)cc1. The quantitative estimate of drug-likeness (QED) is 0.541. The van der Waals surface area contributed by atoms with Crippen molar-refractivity contribution >= 4 is 17.3 Å². The highest BCUT2D eigenvalue weighted by molar-refractivity contribution is 6.04. The number of nitro benzene ring substituents is 1. The molecule has 0 saturated heterocycles. The Morgan fingerprint density at radius 1 is 1.18 bits per heavy atom. The lowest BCUT2D eigenvalue weighted by atomic mass is 10.1. The number of anilines is 1. The molecule has 142 valence electrons. The average Bonchev–Trinajstić information content (AvgIpc) is 3.10. The molecule has 1 aliphatic heterocycles. The van der Waals surface area contributed by atoms with E-state index in [1.165, 1.54) is 12.1 Å². The van der Waals surface area contributed by atoms with Crippen molar-refractivity contribution in [3.63, 3.8) is 0 Å². The van der Waals surface area contributed by atoms with Gasteiger partial charge in [-0.2, -0.15) is 0 Å². The number of imidazole rings is 1. The minimum Gasteiger partial charge on any atom is -0.327 e. The number of carbonyl (C=O) groups excluding carboxylic acids is 1. The van der Waals surface area contributed by atoms with Gasteiger partial charge in [0.1, 0.15) is 11.5 Å². The molecule has 0 atom stereocenters. The van der Waals surface area contributed by atoms with Crippen LogP contribution in [0.4, 0.5) is 11.4 Å². The maximum Gasteiger partial charge on any atom is 0.276 e. The van der Waals surface area contributed by atoms with E-state index in [-0.39, 0.29) is 11.6 Å². The molecule has 2 aromatic carbocycles. The molecule has 0 saturated carbocycles. The van der Waals surface area contributed by atoms with Gasteiger partial charge in [0.25, 0.3) is 11.6 Å². The summed E-state index contributed by atoms with van der Waals surface area (Å²) in [6, 6.07) is 14.0. The second-order valence-corrected chi connectivity index (χ2v) is 6.97. The number of rotatable bonds is 4. The molecular formula is C21H20N4O3. The Balaban J connectivity index is 1.73. The lowest BCUT2D eigenvalue weighted by Gasteiger charge is -2.17. The molecule has 0 fully saturated rings. The van der Waals surface area contributed by atoms with Crippen molar-refractivity contribution in [2.45, 2.75) is 32.7 Å². The summed E-state index contributed by atoms with van der Waals surface area (Å²) in [5.74, 6) is 0.346. The first kappa shape index (κ1) is 17.9. The van der Waals surface area contributed by atoms with Crippen LogP contribution in [0.15, 0.2) is 48.5 Å². The van der Waals surface area contributed by atoms with Crippen molar-refractivity contribution in [3.8, 4) is 11.4 Å². The summed E-state index contributed by atoms with van der Waals surface area (Å²) in [5, 5.41) is 14.0. The molecule has 4 rings (SSSR count). The molecule has 3 aromatic rings. The number of hydrogen-bond donors (Lipinski definition) is 1. The van der Waals surface area contributed by atoms with Gasteiger partial charge in [0, 0.05) is 29.9 Å². The molecule has 0 unspecified atom stereocenters. The van der Waals surface area contributed by atoms with Gasteiger partial charge in [-0.1, -0.05) is 29.8 Å². The minimum absolute atomic E-state index is 0.0105. The predicted molar refractivity (Wildman–Crippen MR) is 106 cm³/mol. The lowest BCUT2D eigenvalue weighted by molar-refractivity contribution is -0.384. The molecular weight excluding hydrogens is 356 g/mol. The molecule has 0 aliphatic carbocycles. The van der Waals surface area contributed by atoms with Crippen molar-refractivity contribution in [2.75, 3.05) is 5.32 Å². The van der Waals surface area contributed by atoms with E-state index < -0.39 is 4.92 Å². The number of aromatic nitrogens is 2. The molecule has 0 radical (unpaired) electrons. The maximum absolute atomic E-state index is 12.9. The van der Waals surface area contributed by atoms with E-state index in [9.17, 15) is 14.9 Å². The number of aryl methyl sites for hydroxylation is 1. The number of nitrogens with one attached hydrogen (secondary N) is 1. The van der Waals surface area contributed by atoms with Crippen LogP contribution in [0.25, 0.3) is 11.4 Å². The van der Waals surface area contributed by atoms with Crippen molar-refractivity contribution < 1.29 is 9.72 Å². The van der Waals surface area contributed by atoms with Crippen molar-refractivity contribution in [2.24, 2.45) is 0 Å². The molecule has 1 aromatic heterocycles. The zero-order valence-electron chi connectivity index (χ0n) is 15.5. The summed E-state index contributed by atoms with van der Waals surface area (Å²) in [5.41, 5.74) is 3.76. The van der Waals surface area contributed by atoms with E-state index in [0.29, 0.717) is 22.8 Å². The van der Waals surface area contributed by atoms with Crippen LogP contribution >= 0.6 is 0 Å². The van der Waals surface area contributed by atoms with Crippen molar-refractivity contribution in [3.05, 3.63) is 75.6 Å². The second kappa shape index (κ2) is 7.26. The van der Waals surface area contributed by atoms with Crippen LogP contribution < -0.4 is 5.32 Å². The Morgan fingerprint density at radius 2 is 1.96 bits per heavy atom. The fourth-order valence-corrected chi connectivity index (χ4v) is 3.53. The van der Waals surface area contributed by atoms with Gasteiger partial charge in [0.15, 0.2) is 0 Å². The highest BCUT2D eigenvalue weighted by Crippen LogP contribution is 2.30. The highest BCUT2D eigenvalue weighted by Gasteiger charge is 2.25. The third-order valence-electron chi connectivity index (χ3n) is 4.96. The fourth-order valence-electron chi connectivity index (χ4n) is 3.53. The third kappa shape index (κ3) is 3.38. The summed E-state index contributed by atoms with van der Waals surface area (Å²) >= 11 is 0. The summed E-state index contributed by atoms with van der Waals surface area (Å²) in [7, 11) is 0. The van der Waals surface area contributed by atoms with Gasteiger partial charge in [0.2, 0.25) is 0 Å². The number of non-ortho nitro benzene ring substituents is 1. The summed E-state index contributed by atoms with van der Waals surface area (Å²) < 4.78 is 2.02. The number of nitrogens with zero attached hydrogens (tertiary/aromatic N) is 3. The topological polar surface area (TPSA) is 90.1 Å². The molecule has 28 heavy (non-hydrogen) atoms. The van der Waals surface area contributed by atoms with Crippen LogP contribution in [-0.4, -0.2) is 20.4 Å². The van der Waals surface area contributed by atoms with Gasteiger partial charge < -0.3 is 9.88 Å². The summed E-state index contributed by atoms with van der Waals surface area (Å²) in [4.78, 5) is 28.2. The lowest BCUT2D eigenvalue weighted by Crippen LogP contribution is -2.17. The zero-order chi connectivity index (χ0) is 19.7. The Labute approximate surface area is 162 Å². The minimum atomic E-state index is -0.422. The molecule has 0 spiro atoms. The molecule has 1 N–H and O–H groups in total. The Hall–Kier alpha value is -3.48. The smallest absolute Gasteiger partial charge is 0.276 e. The van der Waals surface area contributed by atoms with Crippen LogP contribution in [-0.2, 0) is 13.0 Å². The van der Waals surface area contributed by atoms with Crippen LogP contribution in [0.1, 0.15) is 34.6 Å². The normalized spacial score (nSPS) is 13.0. The maximum atomic E-state index is 12.9. The monoisotopic (exact) mass is 376 g/mol. The first-order valence-electron chi connectivity index (χ1n) is 9.25. The Kier molecular flexibility index (Phi) is 4.65. The fraction of sp³-hybridized carbons (Fsp3) is 0.238. The molecule has 1 amide bonds. The number of fused-ring (bicyclic) bond motifs is 1. The standard InChI is InChI=1S/C21H20N4O3/c1-14-8-10-16(11-9-14)22-21(26)19-18-7-2-3-12-24(18)20(23-19)15-5-4-6-17(13-15)25(27)28/h4-6,8-11,13H,2-3,7,12H2,1H3,(H,22,26). The highest BCUT2D eigenvalue weighted by atomic mass is 16.6. The first-order valence-corrected chi connectivity index (χ1v) is 9.25. The van der Waals surface area contributed by atoms with Gasteiger partial charge in [-0.25, -0.2) is 4.98 Å². The van der Waals surface area contributed by atoms with E-state index in [1.54, 1.807) is 12.1 Å². The van der Waals surface area contributed by atoms with Crippen molar-refractivity contribution in [1.29, 1.82) is 0 Å². The first-order chi connectivity index (χ1) is 13.5. The van der Waals surface area contributed by atoms with E-state index in [0.717, 1.165) is 37.1 Å². The summed E-state index contributed by atoms with van der Waals surface area (Å²) in [6.45, 7) is 2.74. The van der Waals surface area contributed by atoms with Crippen LogP contribution in [0.5, 0.6) is 0 Å². The number of nitro groups is 1. The van der Waals surface area contributed by atoms with Crippen LogP contribution in [0.3, 0.4) is 0 Å². The number of amides is 1. The van der Waals surface area contributed by atoms with Crippen LogP contribution in [0, 0.1) is 17.0 Å². The average molecular weight is 376 g/mol. The van der Waals surface area contributed by atoms with Crippen molar-refractivity contribution in [1.82, 2.24) is 9.55 Å². The molecule has 7 nitrogen and oxygen atoms in total. The molecule has 2 heterocycles. The number of carbonyl (C=O) groups is 1. The van der Waals surface area contributed by atoms with Gasteiger partial charge in [-0.05, 0) is 38.3 Å². The zero-order valence-corrected chi connectivity index (χ0v) is 15.5. The molecule has 1 aliphatic rings. The van der Waals surface area contributed by atoms with Gasteiger partial charge >= 0.3 is 0 Å². The predicted octanol–water partition coefficient (Wildman–Crippen LogP) is 4.36. The van der Waals surface area contributed by atoms with Gasteiger partial charge in [-0.3, -0.25) is 14.9 Å². The summed E-state index contributed by atoms with van der Waals surface area (Å²) in [6.07, 6.45) is 2.74. The van der Waals surface area contributed by atoms with Gasteiger partial charge in [-0.15, -0.1) is 0 Å². The van der Waals surface area contributed by atoms with Gasteiger partial charge in [0.05, 0.1) is 10.6 Å². The Morgan fingerprint density at radius 3 is 2.71 bits per heavy atom. The molecule has 0 bridgehead atoms. The van der Waals surface area contributed by atoms with E-state index >= 15 is 0 Å². The van der Waals surface area contributed by atoms with Crippen LogP contribution in [0.2, 0.25) is 0 Å². The van der Waals surface area contributed by atoms with E-state index in [2.05, 4.69) is 10.3 Å². The second-order valence-electron chi connectivity index (χ2n) is 6.97. The Bertz CT molecular complexity index is 1050.